The number of hydrogen-bond acceptors (Lipinski definition) is 4. The molecule has 25 heavy (non-hydrogen) atoms. The van der Waals surface area contributed by atoms with Gasteiger partial charge in [-0.2, -0.15) is 0 Å². The Labute approximate surface area is 145 Å². The number of carbonyl (C=O) groups is 3. The molecule has 7 heteroatoms. The van der Waals surface area contributed by atoms with Crippen molar-refractivity contribution in [3.8, 4) is 0 Å². The van der Waals surface area contributed by atoms with Gasteiger partial charge < -0.3 is 10.4 Å². The van der Waals surface area contributed by atoms with E-state index >= 15 is 0 Å². The Morgan fingerprint density at radius 1 is 1.32 bits per heavy atom. The molecule has 7 nitrogen and oxygen atoms in total. The largest absolute Gasteiger partial charge is 0.481 e. The zero-order valence-electron chi connectivity index (χ0n) is 13.9. The topological polar surface area (TPSA) is 90.0 Å². The molecule has 0 unspecified atom stereocenters. The van der Waals surface area contributed by atoms with Crippen molar-refractivity contribution in [2.24, 2.45) is 11.3 Å². The summed E-state index contributed by atoms with van der Waals surface area (Å²) < 4.78 is 0. The Kier molecular flexibility index (Phi) is 3.76. The molecule has 1 aliphatic carbocycles. The Hall–Kier alpha value is -2.41. The lowest BCUT2D eigenvalue weighted by molar-refractivity contribution is -0.149. The molecule has 0 spiro atoms. The lowest BCUT2D eigenvalue weighted by Gasteiger charge is -2.30. The van der Waals surface area contributed by atoms with Gasteiger partial charge in [-0.15, -0.1) is 0 Å². The number of nitrogens with zero attached hydrogens (tertiary/aromatic N) is 2. The third-order valence-corrected chi connectivity index (χ3v) is 5.80. The van der Waals surface area contributed by atoms with Gasteiger partial charge in [0, 0.05) is 13.1 Å². The quantitative estimate of drug-likeness (QED) is 0.859. The molecule has 2 fully saturated rings. The Morgan fingerprint density at radius 2 is 2.12 bits per heavy atom. The molecule has 1 aromatic rings. The Bertz CT molecular complexity index is 750. The number of carboxylic acid groups (broad SMARTS) is 1. The number of carbonyl (C=O) groups excluding carboxylic acids is 2. The lowest BCUT2D eigenvalue weighted by atomic mass is 9.81. The molecular formula is C18H21N3O4. The highest BCUT2D eigenvalue weighted by molar-refractivity contribution is 6.10. The zero-order valence-corrected chi connectivity index (χ0v) is 13.9. The van der Waals surface area contributed by atoms with E-state index in [0.29, 0.717) is 30.9 Å². The van der Waals surface area contributed by atoms with Crippen molar-refractivity contribution in [1.82, 2.24) is 4.90 Å². The lowest BCUT2D eigenvalue weighted by Crippen LogP contribution is -2.46. The molecule has 0 bridgehead atoms. The van der Waals surface area contributed by atoms with Crippen LogP contribution in [-0.2, 0) is 14.4 Å². The average Bonchev–Trinajstić information content (AvgIpc) is 3.11. The van der Waals surface area contributed by atoms with Crippen molar-refractivity contribution >= 4 is 29.2 Å². The first-order valence-corrected chi connectivity index (χ1v) is 8.64. The number of carboxylic acids is 1. The van der Waals surface area contributed by atoms with Crippen LogP contribution in [0, 0.1) is 11.3 Å². The second-order valence-corrected chi connectivity index (χ2v) is 7.27. The van der Waals surface area contributed by atoms with Gasteiger partial charge >= 0.3 is 5.97 Å². The number of benzene rings is 1. The summed E-state index contributed by atoms with van der Waals surface area (Å²) in [6, 6.07) is 7.22. The van der Waals surface area contributed by atoms with E-state index in [-0.39, 0.29) is 30.8 Å². The summed E-state index contributed by atoms with van der Waals surface area (Å²) in [6.07, 6.45) is 2.54. The van der Waals surface area contributed by atoms with Crippen LogP contribution in [0.2, 0.25) is 0 Å². The second kappa shape index (κ2) is 5.84. The second-order valence-electron chi connectivity index (χ2n) is 7.27. The SMILES string of the molecule is O=C1CN(C(=O)CN2C[C@@H]3CCC[C@@]3(C(=O)O)C2)c2ccccc2N1. The van der Waals surface area contributed by atoms with Crippen LogP contribution in [0.15, 0.2) is 24.3 Å². The van der Waals surface area contributed by atoms with Crippen LogP contribution in [0.5, 0.6) is 0 Å². The number of amides is 2. The molecule has 2 amide bonds. The van der Waals surface area contributed by atoms with Crippen LogP contribution in [0.3, 0.4) is 0 Å². The summed E-state index contributed by atoms with van der Waals surface area (Å²) in [7, 11) is 0. The van der Waals surface area contributed by atoms with Crippen molar-refractivity contribution in [2.45, 2.75) is 19.3 Å². The van der Waals surface area contributed by atoms with Crippen LogP contribution in [-0.4, -0.2) is 54.0 Å². The molecule has 2 heterocycles. The maximum Gasteiger partial charge on any atom is 0.311 e. The number of hydrogen-bond donors (Lipinski definition) is 2. The fourth-order valence-corrected chi connectivity index (χ4v) is 4.60. The van der Waals surface area contributed by atoms with Gasteiger partial charge in [0.2, 0.25) is 11.8 Å². The van der Waals surface area contributed by atoms with Gasteiger partial charge in [-0.25, -0.2) is 0 Å². The van der Waals surface area contributed by atoms with E-state index in [1.54, 1.807) is 6.07 Å². The molecule has 2 N–H and O–H groups in total. The van der Waals surface area contributed by atoms with E-state index in [4.69, 9.17) is 0 Å². The molecule has 0 radical (unpaired) electrons. The molecule has 3 aliphatic rings. The van der Waals surface area contributed by atoms with Gasteiger partial charge in [-0.05, 0) is 30.9 Å². The monoisotopic (exact) mass is 343 g/mol. The molecule has 1 saturated carbocycles. The number of anilines is 2. The van der Waals surface area contributed by atoms with E-state index in [1.165, 1.54) is 4.90 Å². The summed E-state index contributed by atoms with van der Waals surface area (Å²) in [6.45, 7) is 1.20. The minimum Gasteiger partial charge on any atom is -0.481 e. The fourth-order valence-electron chi connectivity index (χ4n) is 4.60. The predicted octanol–water partition coefficient (Wildman–Crippen LogP) is 1.16. The van der Waals surface area contributed by atoms with E-state index in [9.17, 15) is 19.5 Å². The first-order valence-electron chi connectivity index (χ1n) is 8.64. The molecule has 1 saturated heterocycles. The molecule has 2 atom stereocenters. The van der Waals surface area contributed by atoms with Crippen LogP contribution in [0.4, 0.5) is 11.4 Å². The van der Waals surface area contributed by atoms with Crippen molar-refractivity contribution in [3.05, 3.63) is 24.3 Å². The Morgan fingerprint density at radius 3 is 2.88 bits per heavy atom. The normalized spacial score (nSPS) is 28.4. The predicted molar refractivity (Wildman–Crippen MR) is 91.3 cm³/mol. The third-order valence-electron chi connectivity index (χ3n) is 5.80. The number of rotatable bonds is 3. The molecule has 4 rings (SSSR count). The highest BCUT2D eigenvalue weighted by atomic mass is 16.4. The smallest absolute Gasteiger partial charge is 0.311 e. The highest BCUT2D eigenvalue weighted by Gasteiger charge is 2.55. The number of para-hydroxylation sites is 2. The van der Waals surface area contributed by atoms with Gasteiger partial charge in [0.1, 0.15) is 6.54 Å². The third kappa shape index (κ3) is 2.59. The minimum absolute atomic E-state index is 0.00279. The minimum atomic E-state index is -0.743. The molecule has 0 aromatic heterocycles. The van der Waals surface area contributed by atoms with E-state index in [0.717, 1.165) is 12.8 Å². The van der Waals surface area contributed by atoms with Gasteiger partial charge in [0.25, 0.3) is 0 Å². The van der Waals surface area contributed by atoms with Gasteiger partial charge in [0.15, 0.2) is 0 Å². The summed E-state index contributed by atoms with van der Waals surface area (Å²) in [5.74, 6) is -1.00. The highest BCUT2D eigenvalue weighted by Crippen LogP contribution is 2.48. The number of fused-ring (bicyclic) bond motifs is 2. The zero-order chi connectivity index (χ0) is 17.6. The van der Waals surface area contributed by atoms with E-state index in [1.807, 2.05) is 23.1 Å². The van der Waals surface area contributed by atoms with Crippen LogP contribution in [0.1, 0.15) is 19.3 Å². The molecule has 2 aliphatic heterocycles. The standard InChI is InChI=1S/C18H21N3O4/c22-15-9-21(14-6-2-1-5-13(14)19-15)16(23)10-20-8-12-4-3-7-18(12,11-20)17(24)25/h1-2,5-6,12H,3-4,7-11H2,(H,19,22)(H,24,25)/t12-,18+/m0/s1. The molecule has 132 valence electrons. The maximum atomic E-state index is 12.8. The molecular weight excluding hydrogens is 322 g/mol. The van der Waals surface area contributed by atoms with Crippen molar-refractivity contribution in [1.29, 1.82) is 0 Å². The summed E-state index contributed by atoms with van der Waals surface area (Å²) in [5, 5.41) is 12.4. The first-order chi connectivity index (χ1) is 12.0. The number of nitrogens with one attached hydrogen (secondary N) is 1. The molecule has 1 aromatic carbocycles. The van der Waals surface area contributed by atoms with Crippen LogP contribution >= 0.6 is 0 Å². The maximum absolute atomic E-state index is 12.8. The Balaban J connectivity index is 1.50. The van der Waals surface area contributed by atoms with Gasteiger partial charge in [-0.1, -0.05) is 18.6 Å². The summed E-state index contributed by atoms with van der Waals surface area (Å²) >= 11 is 0. The average molecular weight is 343 g/mol. The number of aliphatic carboxylic acids is 1. The number of likely N-dealkylation sites (tertiary alicyclic amines) is 1. The first kappa shape index (κ1) is 16.1. The van der Waals surface area contributed by atoms with Crippen LogP contribution < -0.4 is 10.2 Å². The van der Waals surface area contributed by atoms with Crippen molar-refractivity contribution < 1.29 is 19.5 Å². The van der Waals surface area contributed by atoms with Crippen molar-refractivity contribution in [3.63, 3.8) is 0 Å². The van der Waals surface area contributed by atoms with Gasteiger partial charge in [-0.3, -0.25) is 24.2 Å². The van der Waals surface area contributed by atoms with Crippen LogP contribution in [0.25, 0.3) is 0 Å². The fraction of sp³-hybridized carbons (Fsp3) is 0.500. The van der Waals surface area contributed by atoms with E-state index < -0.39 is 11.4 Å². The van der Waals surface area contributed by atoms with E-state index in [2.05, 4.69) is 5.32 Å². The van der Waals surface area contributed by atoms with Gasteiger partial charge in [0.05, 0.1) is 23.3 Å². The summed E-state index contributed by atoms with van der Waals surface area (Å²) in [4.78, 5) is 39.9. The summed E-state index contributed by atoms with van der Waals surface area (Å²) in [5.41, 5.74) is 0.629. The van der Waals surface area contributed by atoms with Crippen molar-refractivity contribution in [2.75, 3.05) is 36.4 Å².